The van der Waals surface area contributed by atoms with Gasteiger partial charge >= 0.3 is 0 Å². The lowest BCUT2D eigenvalue weighted by Gasteiger charge is -2.32. The fraction of sp³-hybridized carbons (Fsp3) is 0.474. The zero-order chi connectivity index (χ0) is 18.2. The summed E-state index contributed by atoms with van der Waals surface area (Å²) in [4.78, 5) is 11.5. The van der Waals surface area contributed by atoms with Crippen LogP contribution >= 0.6 is 11.6 Å². The third-order valence-electron chi connectivity index (χ3n) is 5.13. The van der Waals surface area contributed by atoms with E-state index in [0.29, 0.717) is 35.4 Å². The summed E-state index contributed by atoms with van der Waals surface area (Å²) in [5.41, 5.74) is 2.59. The van der Waals surface area contributed by atoms with E-state index in [1.165, 1.54) is 5.56 Å². The summed E-state index contributed by atoms with van der Waals surface area (Å²) in [6.07, 6.45) is 2.30. The Balaban J connectivity index is 1.32. The first-order valence-electron chi connectivity index (χ1n) is 9.41. The molecule has 1 saturated heterocycles. The predicted molar refractivity (Wildman–Crippen MR) is 102 cm³/mol. The Hall–Kier alpha value is -2.09. The van der Waals surface area contributed by atoms with E-state index in [-0.39, 0.29) is 6.10 Å². The van der Waals surface area contributed by atoms with Gasteiger partial charge < -0.3 is 4.74 Å². The van der Waals surface area contributed by atoms with Crippen LogP contribution in [0, 0.1) is 0 Å². The van der Waals surface area contributed by atoms with Gasteiger partial charge in [-0.3, -0.25) is 4.90 Å². The van der Waals surface area contributed by atoms with Gasteiger partial charge in [-0.1, -0.05) is 47.1 Å². The van der Waals surface area contributed by atoms with Crippen molar-refractivity contribution in [1.82, 2.24) is 29.9 Å². The Labute approximate surface area is 162 Å². The quantitative estimate of drug-likeness (QED) is 0.630. The van der Waals surface area contributed by atoms with Crippen LogP contribution in [0.25, 0.3) is 11.2 Å². The average Bonchev–Trinajstić information content (AvgIpc) is 3.45. The molecule has 0 radical (unpaired) electrons. The summed E-state index contributed by atoms with van der Waals surface area (Å²) in [5.74, 6) is 1.24. The van der Waals surface area contributed by atoms with E-state index >= 15 is 0 Å². The standard InChI is InChI=1S/C19H21ClN6O/c20-17-16-19(22-18(21-17)14-6-7-14)26(24-23-16)12-15-11-25(8-9-27-15)10-13-4-2-1-3-5-13/h1-5,14-15H,6-12H2/t15-/m1/s1. The number of nitrogens with zero attached hydrogens (tertiary/aromatic N) is 6. The van der Waals surface area contributed by atoms with Gasteiger partial charge in [-0.25, -0.2) is 14.6 Å². The van der Waals surface area contributed by atoms with Crippen molar-refractivity contribution in [2.24, 2.45) is 0 Å². The molecular formula is C19H21ClN6O. The molecule has 7 nitrogen and oxygen atoms in total. The van der Waals surface area contributed by atoms with E-state index < -0.39 is 0 Å². The number of ether oxygens (including phenoxy) is 1. The van der Waals surface area contributed by atoms with Gasteiger partial charge in [0.05, 0.1) is 19.3 Å². The molecule has 8 heteroatoms. The molecule has 2 aromatic heterocycles. The number of rotatable bonds is 5. The lowest BCUT2D eigenvalue weighted by molar-refractivity contribution is -0.0399. The SMILES string of the molecule is Clc1nc(C2CC2)nc2c1nnn2C[C@H]1CN(Cc2ccccc2)CCO1. The second-order valence-electron chi connectivity index (χ2n) is 7.30. The minimum absolute atomic E-state index is 0.0467. The highest BCUT2D eigenvalue weighted by Gasteiger charge is 2.29. The summed E-state index contributed by atoms with van der Waals surface area (Å²) >= 11 is 6.30. The Kier molecular flexibility index (Phi) is 4.51. The molecule has 5 rings (SSSR count). The normalized spacial score (nSPS) is 21.0. The Morgan fingerprint density at radius 1 is 1.15 bits per heavy atom. The van der Waals surface area contributed by atoms with E-state index in [4.69, 9.17) is 16.3 Å². The molecule has 140 valence electrons. The number of fused-ring (bicyclic) bond motifs is 1. The van der Waals surface area contributed by atoms with Gasteiger partial charge in [-0.15, -0.1) is 5.10 Å². The minimum atomic E-state index is 0.0467. The third-order valence-corrected chi connectivity index (χ3v) is 5.39. The van der Waals surface area contributed by atoms with Crippen LogP contribution < -0.4 is 0 Å². The molecular weight excluding hydrogens is 364 g/mol. The first-order chi connectivity index (χ1) is 13.3. The molecule has 1 atom stereocenters. The maximum absolute atomic E-state index is 6.30. The number of halogens is 1. The van der Waals surface area contributed by atoms with Gasteiger partial charge in [0.15, 0.2) is 16.3 Å². The van der Waals surface area contributed by atoms with E-state index in [9.17, 15) is 0 Å². The summed E-state index contributed by atoms with van der Waals surface area (Å²) in [6.45, 7) is 4.04. The maximum Gasteiger partial charge on any atom is 0.183 e. The van der Waals surface area contributed by atoms with Gasteiger partial charge in [0, 0.05) is 25.6 Å². The molecule has 27 heavy (non-hydrogen) atoms. The van der Waals surface area contributed by atoms with E-state index in [2.05, 4.69) is 49.4 Å². The van der Waals surface area contributed by atoms with Crippen molar-refractivity contribution in [3.8, 4) is 0 Å². The molecule has 1 saturated carbocycles. The van der Waals surface area contributed by atoms with Gasteiger partial charge in [-0.2, -0.15) is 0 Å². The third kappa shape index (κ3) is 3.67. The predicted octanol–water partition coefficient (Wildman–Crippen LogP) is 2.65. The molecule has 0 unspecified atom stereocenters. The van der Waals surface area contributed by atoms with Crippen LogP contribution in [-0.4, -0.2) is 55.7 Å². The first-order valence-corrected chi connectivity index (χ1v) is 9.78. The Bertz CT molecular complexity index is 942. The number of aromatic nitrogens is 5. The average molecular weight is 385 g/mol. The molecule has 1 aliphatic carbocycles. The first kappa shape index (κ1) is 17.0. The summed E-state index contributed by atoms with van der Waals surface area (Å²) < 4.78 is 7.79. The molecule has 1 aromatic carbocycles. The van der Waals surface area contributed by atoms with Crippen LogP contribution in [0.4, 0.5) is 0 Å². The molecule has 1 aliphatic heterocycles. The Morgan fingerprint density at radius 3 is 2.81 bits per heavy atom. The van der Waals surface area contributed by atoms with Crippen LogP contribution in [0.15, 0.2) is 30.3 Å². The zero-order valence-corrected chi connectivity index (χ0v) is 15.7. The van der Waals surface area contributed by atoms with Gasteiger partial charge in [0.1, 0.15) is 5.82 Å². The summed E-state index contributed by atoms with van der Waals surface area (Å²) in [6, 6.07) is 10.5. The topological polar surface area (TPSA) is 69.0 Å². The van der Waals surface area contributed by atoms with Gasteiger partial charge in [-0.05, 0) is 18.4 Å². The smallest absolute Gasteiger partial charge is 0.183 e. The van der Waals surface area contributed by atoms with Crippen molar-refractivity contribution < 1.29 is 4.74 Å². The number of hydrogen-bond acceptors (Lipinski definition) is 6. The fourth-order valence-corrected chi connectivity index (χ4v) is 3.76. The second kappa shape index (κ2) is 7.14. The van der Waals surface area contributed by atoms with E-state index in [0.717, 1.165) is 38.3 Å². The van der Waals surface area contributed by atoms with Crippen LogP contribution in [0.1, 0.15) is 30.1 Å². The maximum atomic E-state index is 6.30. The highest BCUT2D eigenvalue weighted by Crippen LogP contribution is 2.39. The van der Waals surface area contributed by atoms with E-state index in [1.807, 2.05) is 10.7 Å². The molecule has 2 aliphatic rings. The molecule has 0 spiro atoms. The lowest BCUT2D eigenvalue weighted by Crippen LogP contribution is -2.43. The molecule has 0 N–H and O–H groups in total. The summed E-state index contributed by atoms with van der Waals surface area (Å²) in [7, 11) is 0. The van der Waals surface area contributed by atoms with Crippen molar-refractivity contribution >= 4 is 22.8 Å². The largest absolute Gasteiger partial charge is 0.374 e. The highest BCUT2D eigenvalue weighted by molar-refractivity contribution is 6.33. The van der Waals surface area contributed by atoms with Gasteiger partial charge in [0.25, 0.3) is 0 Å². The van der Waals surface area contributed by atoms with Gasteiger partial charge in [0.2, 0.25) is 0 Å². The minimum Gasteiger partial charge on any atom is -0.374 e. The number of hydrogen-bond donors (Lipinski definition) is 0. The van der Waals surface area contributed by atoms with Crippen molar-refractivity contribution in [3.63, 3.8) is 0 Å². The molecule has 2 fully saturated rings. The highest BCUT2D eigenvalue weighted by atomic mass is 35.5. The molecule has 3 heterocycles. The summed E-state index contributed by atoms with van der Waals surface area (Å²) in [5, 5.41) is 8.83. The monoisotopic (exact) mass is 384 g/mol. The van der Waals surface area contributed by atoms with Crippen molar-refractivity contribution in [3.05, 3.63) is 46.9 Å². The van der Waals surface area contributed by atoms with Crippen molar-refractivity contribution in [2.75, 3.05) is 19.7 Å². The lowest BCUT2D eigenvalue weighted by atomic mass is 10.2. The van der Waals surface area contributed by atoms with Crippen LogP contribution in [0.5, 0.6) is 0 Å². The van der Waals surface area contributed by atoms with Crippen LogP contribution in [0.2, 0.25) is 5.15 Å². The number of benzene rings is 1. The molecule has 0 amide bonds. The Morgan fingerprint density at radius 2 is 2.00 bits per heavy atom. The van der Waals surface area contributed by atoms with E-state index in [1.54, 1.807) is 0 Å². The number of morpholine rings is 1. The second-order valence-corrected chi connectivity index (χ2v) is 7.66. The zero-order valence-electron chi connectivity index (χ0n) is 15.0. The van der Waals surface area contributed by atoms with Crippen molar-refractivity contribution in [2.45, 2.75) is 38.0 Å². The van der Waals surface area contributed by atoms with Crippen LogP contribution in [0.3, 0.4) is 0 Å². The van der Waals surface area contributed by atoms with Crippen molar-refractivity contribution in [1.29, 1.82) is 0 Å². The molecule has 3 aromatic rings. The van der Waals surface area contributed by atoms with Crippen LogP contribution in [-0.2, 0) is 17.8 Å². The fourth-order valence-electron chi connectivity index (χ4n) is 3.56. The molecule has 0 bridgehead atoms.